The summed E-state index contributed by atoms with van der Waals surface area (Å²) in [4.78, 5) is 9.07. The first-order valence-corrected chi connectivity index (χ1v) is 8.60. The number of ether oxygens (including phenoxy) is 1. The summed E-state index contributed by atoms with van der Waals surface area (Å²) in [6.07, 6.45) is 0. The van der Waals surface area contributed by atoms with E-state index in [4.69, 9.17) is 4.74 Å². The number of nitrogens with zero attached hydrogens (tertiary/aromatic N) is 2. The van der Waals surface area contributed by atoms with Gasteiger partial charge in [0, 0.05) is 24.0 Å². The van der Waals surface area contributed by atoms with Gasteiger partial charge in [-0.2, -0.15) is 4.98 Å². The molecule has 0 saturated heterocycles. The molecule has 3 aromatic rings. The summed E-state index contributed by atoms with van der Waals surface area (Å²) >= 11 is 0. The minimum atomic E-state index is 0.592. The second-order valence-corrected chi connectivity index (χ2v) is 6.36. The lowest BCUT2D eigenvalue weighted by molar-refractivity contribution is 0.414. The molecule has 2 N–H and O–H groups in total. The molecule has 5 heteroatoms. The highest BCUT2D eigenvalue weighted by Gasteiger charge is 2.05. The van der Waals surface area contributed by atoms with E-state index >= 15 is 0 Å². The van der Waals surface area contributed by atoms with Gasteiger partial charge in [-0.25, -0.2) is 4.98 Å². The van der Waals surface area contributed by atoms with Crippen molar-refractivity contribution in [3.63, 3.8) is 0 Å². The van der Waals surface area contributed by atoms with Gasteiger partial charge in [0.2, 0.25) is 5.95 Å². The number of rotatable bonds is 6. The quantitative estimate of drug-likeness (QED) is 0.672. The molecule has 0 atom stereocenters. The first-order valence-electron chi connectivity index (χ1n) is 8.60. The van der Waals surface area contributed by atoms with Crippen LogP contribution in [0.15, 0.2) is 48.5 Å². The molecule has 0 fully saturated rings. The zero-order valence-corrected chi connectivity index (χ0v) is 15.6. The number of aryl methyl sites for hydroxylation is 3. The molecule has 0 aliphatic rings. The maximum atomic E-state index is 5.19. The number of hydrogen-bond donors (Lipinski definition) is 2. The van der Waals surface area contributed by atoms with Gasteiger partial charge in [-0.05, 0) is 50.1 Å². The SMILES string of the molecule is COc1ccc(CNc2cc(C)nc(Nc3ccc(C)cc3C)n2)cc1. The summed E-state index contributed by atoms with van der Waals surface area (Å²) in [6, 6.07) is 16.2. The third-order valence-electron chi connectivity index (χ3n) is 4.12. The van der Waals surface area contributed by atoms with Crippen molar-refractivity contribution in [1.82, 2.24) is 9.97 Å². The fourth-order valence-electron chi connectivity index (χ4n) is 2.73. The Balaban J connectivity index is 1.72. The summed E-state index contributed by atoms with van der Waals surface area (Å²) in [5.41, 5.74) is 5.49. The van der Waals surface area contributed by atoms with Gasteiger partial charge in [0.25, 0.3) is 0 Å². The van der Waals surface area contributed by atoms with Gasteiger partial charge in [-0.3, -0.25) is 0 Å². The molecule has 3 rings (SSSR count). The summed E-state index contributed by atoms with van der Waals surface area (Å²) in [7, 11) is 1.67. The summed E-state index contributed by atoms with van der Waals surface area (Å²) in [5, 5.41) is 6.67. The number of hydrogen-bond acceptors (Lipinski definition) is 5. The highest BCUT2D eigenvalue weighted by atomic mass is 16.5. The lowest BCUT2D eigenvalue weighted by Crippen LogP contribution is -2.06. The molecule has 26 heavy (non-hydrogen) atoms. The molecule has 0 aliphatic heterocycles. The monoisotopic (exact) mass is 348 g/mol. The van der Waals surface area contributed by atoms with Gasteiger partial charge in [-0.15, -0.1) is 0 Å². The van der Waals surface area contributed by atoms with Crippen LogP contribution >= 0.6 is 0 Å². The van der Waals surface area contributed by atoms with Crippen LogP contribution in [0.5, 0.6) is 5.75 Å². The average Bonchev–Trinajstić information content (AvgIpc) is 2.62. The molecule has 1 aromatic heterocycles. The van der Waals surface area contributed by atoms with Gasteiger partial charge in [0.1, 0.15) is 11.6 Å². The Hall–Kier alpha value is -3.08. The number of methoxy groups -OCH3 is 1. The van der Waals surface area contributed by atoms with Crippen LogP contribution in [0.2, 0.25) is 0 Å². The number of benzene rings is 2. The van der Waals surface area contributed by atoms with Crippen LogP contribution in [0, 0.1) is 20.8 Å². The zero-order valence-electron chi connectivity index (χ0n) is 15.6. The van der Waals surface area contributed by atoms with E-state index in [0.29, 0.717) is 12.5 Å². The maximum Gasteiger partial charge on any atom is 0.229 e. The predicted molar refractivity (Wildman–Crippen MR) is 106 cm³/mol. The van der Waals surface area contributed by atoms with Crippen molar-refractivity contribution in [2.24, 2.45) is 0 Å². The number of aromatic nitrogens is 2. The van der Waals surface area contributed by atoms with Crippen LogP contribution in [-0.2, 0) is 6.54 Å². The third-order valence-corrected chi connectivity index (χ3v) is 4.12. The molecule has 0 spiro atoms. The average molecular weight is 348 g/mol. The van der Waals surface area contributed by atoms with E-state index in [0.717, 1.165) is 28.5 Å². The Morgan fingerprint density at radius 2 is 1.69 bits per heavy atom. The van der Waals surface area contributed by atoms with Gasteiger partial charge >= 0.3 is 0 Å². The van der Waals surface area contributed by atoms with Crippen LogP contribution in [0.3, 0.4) is 0 Å². The molecular weight excluding hydrogens is 324 g/mol. The van der Waals surface area contributed by atoms with Crippen LogP contribution in [-0.4, -0.2) is 17.1 Å². The van der Waals surface area contributed by atoms with Crippen LogP contribution in [0.4, 0.5) is 17.5 Å². The van der Waals surface area contributed by atoms with E-state index in [9.17, 15) is 0 Å². The minimum absolute atomic E-state index is 0.592. The lowest BCUT2D eigenvalue weighted by atomic mass is 10.1. The molecule has 0 aliphatic carbocycles. The fraction of sp³-hybridized carbons (Fsp3) is 0.238. The lowest BCUT2D eigenvalue weighted by Gasteiger charge is -2.12. The Labute approximate surface area is 154 Å². The highest BCUT2D eigenvalue weighted by Crippen LogP contribution is 2.21. The molecular formula is C21H24N4O. The molecule has 134 valence electrons. The predicted octanol–water partition coefficient (Wildman–Crippen LogP) is 4.77. The number of nitrogens with one attached hydrogen (secondary N) is 2. The normalized spacial score (nSPS) is 10.5. The highest BCUT2D eigenvalue weighted by molar-refractivity contribution is 5.60. The Kier molecular flexibility index (Phi) is 5.37. The van der Waals surface area contributed by atoms with Gasteiger partial charge < -0.3 is 15.4 Å². The maximum absolute atomic E-state index is 5.19. The van der Waals surface area contributed by atoms with Gasteiger partial charge in [0.15, 0.2) is 0 Å². The van der Waals surface area contributed by atoms with Crippen molar-refractivity contribution >= 4 is 17.5 Å². The van der Waals surface area contributed by atoms with Crippen LogP contribution in [0.1, 0.15) is 22.4 Å². The van der Waals surface area contributed by atoms with Gasteiger partial charge in [-0.1, -0.05) is 29.8 Å². The van der Waals surface area contributed by atoms with Crippen LogP contribution in [0.25, 0.3) is 0 Å². The van der Waals surface area contributed by atoms with Crippen LogP contribution < -0.4 is 15.4 Å². The number of anilines is 3. The van der Waals surface area contributed by atoms with E-state index in [-0.39, 0.29) is 0 Å². The largest absolute Gasteiger partial charge is 0.497 e. The first-order chi connectivity index (χ1) is 12.5. The van der Waals surface area contributed by atoms with E-state index in [1.807, 2.05) is 37.3 Å². The van der Waals surface area contributed by atoms with E-state index in [2.05, 4.69) is 52.6 Å². The third kappa shape index (κ3) is 4.51. The topological polar surface area (TPSA) is 59.1 Å². The van der Waals surface area contributed by atoms with E-state index in [1.165, 1.54) is 11.1 Å². The molecule has 0 unspecified atom stereocenters. The second-order valence-electron chi connectivity index (χ2n) is 6.36. The van der Waals surface area contributed by atoms with Crippen molar-refractivity contribution in [1.29, 1.82) is 0 Å². The molecule has 0 radical (unpaired) electrons. The van der Waals surface area contributed by atoms with Crippen molar-refractivity contribution < 1.29 is 4.74 Å². The smallest absolute Gasteiger partial charge is 0.229 e. The zero-order chi connectivity index (χ0) is 18.5. The van der Waals surface area contributed by atoms with E-state index < -0.39 is 0 Å². The fourth-order valence-corrected chi connectivity index (χ4v) is 2.73. The first kappa shape index (κ1) is 17.7. The summed E-state index contributed by atoms with van der Waals surface area (Å²) < 4.78 is 5.19. The molecule has 2 aromatic carbocycles. The Bertz CT molecular complexity index is 891. The van der Waals surface area contributed by atoms with Crippen molar-refractivity contribution in [3.8, 4) is 5.75 Å². The standard InChI is InChI=1S/C21H24N4O/c1-14-5-10-19(15(2)11-14)24-21-23-16(3)12-20(25-21)22-13-17-6-8-18(26-4)9-7-17/h5-12H,13H2,1-4H3,(H2,22,23,24,25). The Morgan fingerprint density at radius 1 is 0.923 bits per heavy atom. The van der Waals surface area contributed by atoms with Gasteiger partial charge in [0.05, 0.1) is 7.11 Å². The molecule has 5 nitrogen and oxygen atoms in total. The second kappa shape index (κ2) is 7.87. The Morgan fingerprint density at radius 3 is 2.38 bits per heavy atom. The minimum Gasteiger partial charge on any atom is -0.497 e. The molecule has 1 heterocycles. The molecule has 0 saturated carbocycles. The van der Waals surface area contributed by atoms with Crippen molar-refractivity contribution in [3.05, 3.63) is 70.9 Å². The van der Waals surface area contributed by atoms with E-state index in [1.54, 1.807) is 7.11 Å². The summed E-state index contributed by atoms with van der Waals surface area (Å²) in [5.74, 6) is 2.24. The molecule has 0 bridgehead atoms. The summed E-state index contributed by atoms with van der Waals surface area (Å²) in [6.45, 7) is 6.81. The molecule has 0 amide bonds. The van der Waals surface area contributed by atoms with Crippen molar-refractivity contribution in [2.45, 2.75) is 27.3 Å². The van der Waals surface area contributed by atoms with Crippen molar-refractivity contribution in [2.75, 3.05) is 17.7 Å².